The van der Waals surface area contributed by atoms with Crippen molar-refractivity contribution in [3.8, 4) is 5.75 Å². The van der Waals surface area contributed by atoms with Gasteiger partial charge in [0.25, 0.3) is 0 Å². The van der Waals surface area contributed by atoms with Crippen LogP contribution in [0.4, 0.5) is 0 Å². The highest BCUT2D eigenvalue weighted by Crippen LogP contribution is 2.32. The minimum atomic E-state index is -0.316. The Labute approximate surface area is 162 Å². The Morgan fingerprint density at radius 1 is 1.36 bits per heavy atom. The summed E-state index contributed by atoms with van der Waals surface area (Å²) in [6.45, 7) is 6.04. The number of rotatable bonds is 6. The van der Waals surface area contributed by atoms with Crippen molar-refractivity contribution in [1.82, 2.24) is 10.3 Å². The molecule has 1 aromatic carbocycles. The SMILES string of the molecule is COc1c(C)cnc(CNC(=O)C(C)Sc2cc(Cl)ccc2Cl)c1C. The van der Waals surface area contributed by atoms with E-state index in [4.69, 9.17) is 27.9 Å². The van der Waals surface area contributed by atoms with Crippen molar-refractivity contribution in [3.05, 3.63) is 51.3 Å². The second-order valence-corrected chi connectivity index (χ2v) is 7.83. The fourth-order valence-electron chi connectivity index (χ4n) is 2.38. The van der Waals surface area contributed by atoms with Gasteiger partial charge in [0, 0.05) is 27.2 Å². The second kappa shape index (κ2) is 8.79. The number of benzene rings is 1. The third kappa shape index (κ3) is 5.03. The monoisotopic (exact) mass is 398 g/mol. The average Bonchev–Trinajstić information content (AvgIpc) is 2.57. The molecule has 0 aliphatic heterocycles. The lowest BCUT2D eigenvalue weighted by Gasteiger charge is -2.15. The van der Waals surface area contributed by atoms with Crippen molar-refractivity contribution >= 4 is 40.9 Å². The van der Waals surface area contributed by atoms with Gasteiger partial charge in [-0.3, -0.25) is 9.78 Å². The Morgan fingerprint density at radius 2 is 2.08 bits per heavy atom. The Balaban J connectivity index is 2.01. The third-order valence-electron chi connectivity index (χ3n) is 3.75. The fourth-order valence-corrected chi connectivity index (χ4v) is 3.81. The molecule has 1 amide bonds. The van der Waals surface area contributed by atoms with Gasteiger partial charge in [0.2, 0.25) is 5.91 Å². The largest absolute Gasteiger partial charge is 0.496 e. The zero-order valence-corrected chi connectivity index (χ0v) is 16.9. The normalized spacial score (nSPS) is 11.9. The highest BCUT2D eigenvalue weighted by Gasteiger charge is 2.17. The molecule has 7 heteroatoms. The number of nitrogens with one attached hydrogen (secondary N) is 1. The lowest BCUT2D eigenvalue weighted by Crippen LogP contribution is -2.31. The van der Waals surface area contributed by atoms with Crippen molar-refractivity contribution in [1.29, 1.82) is 0 Å². The van der Waals surface area contributed by atoms with E-state index in [0.717, 1.165) is 27.5 Å². The number of carbonyl (C=O) groups is 1. The number of carbonyl (C=O) groups excluding carboxylic acids is 1. The van der Waals surface area contributed by atoms with Gasteiger partial charge >= 0.3 is 0 Å². The molecule has 1 N–H and O–H groups in total. The van der Waals surface area contributed by atoms with Crippen molar-refractivity contribution in [2.75, 3.05) is 7.11 Å². The lowest BCUT2D eigenvalue weighted by atomic mass is 10.1. The molecule has 0 aliphatic carbocycles. The molecule has 134 valence electrons. The van der Waals surface area contributed by atoms with Crippen molar-refractivity contribution in [3.63, 3.8) is 0 Å². The maximum absolute atomic E-state index is 12.4. The zero-order valence-electron chi connectivity index (χ0n) is 14.5. The molecule has 2 rings (SSSR count). The molecule has 0 fully saturated rings. The molecule has 1 aromatic heterocycles. The molecule has 0 radical (unpaired) electrons. The summed E-state index contributed by atoms with van der Waals surface area (Å²) < 4.78 is 5.39. The van der Waals surface area contributed by atoms with Crippen molar-refractivity contribution < 1.29 is 9.53 Å². The molecule has 25 heavy (non-hydrogen) atoms. The van der Waals surface area contributed by atoms with Crippen LogP contribution in [0, 0.1) is 13.8 Å². The van der Waals surface area contributed by atoms with Gasteiger partial charge in [-0.05, 0) is 39.0 Å². The Morgan fingerprint density at radius 3 is 2.76 bits per heavy atom. The molecule has 0 spiro atoms. The van der Waals surface area contributed by atoms with Crippen LogP contribution >= 0.6 is 35.0 Å². The average molecular weight is 399 g/mol. The van der Waals surface area contributed by atoms with Crippen LogP contribution in [0.5, 0.6) is 5.75 Å². The highest BCUT2D eigenvalue weighted by molar-refractivity contribution is 8.00. The molecular formula is C18H20Cl2N2O2S. The number of aryl methyl sites for hydroxylation is 1. The van der Waals surface area contributed by atoms with Crippen LogP contribution < -0.4 is 10.1 Å². The molecule has 0 aliphatic rings. The molecule has 0 saturated carbocycles. The van der Waals surface area contributed by atoms with Crippen LogP contribution in [-0.2, 0) is 11.3 Å². The third-order valence-corrected chi connectivity index (χ3v) is 5.58. The van der Waals surface area contributed by atoms with Crippen LogP contribution in [0.15, 0.2) is 29.3 Å². The first-order chi connectivity index (χ1) is 11.8. The van der Waals surface area contributed by atoms with Gasteiger partial charge in [-0.15, -0.1) is 11.8 Å². The van der Waals surface area contributed by atoms with E-state index in [1.165, 1.54) is 11.8 Å². The number of methoxy groups -OCH3 is 1. The Kier molecular flexibility index (Phi) is 6.99. The van der Waals surface area contributed by atoms with Crippen LogP contribution in [0.3, 0.4) is 0 Å². The van der Waals surface area contributed by atoms with Gasteiger partial charge in [-0.2, -0.15) is 0 Å². The molecule has 0 bridgehead atoms. The van der Waals surface area contributed by atoms with Crippen molar-refractivity contribution in [2.24, 2.45) is 0 Å². The quantitative estimate of drug-likeness (QED) is 0.709. The number of nitrogens with zero attached hydrogens (tertiary/aromatic N) is 1. The summed E-state index contributed by atoms with van der Waals surface area (Å²) in [4.78, 5) is 17.6. The Hall–Kier alpha value is -1.43. The molecule has 1 atom stereocenters. The van der Waals surface area contributed by atoms with Crippen LogP contribution in [-0.4, -0.2) is 23.3 Å². The standard InChI is InChI=1S/C18H20Cl2N2O2S/c1-10-8-21-15(11(2)17(10)24-4)9-22-18(23)12(3)25-16-7-13(19)5-6-14(16)20/h5-8,12H,9H2,1-4H3,(H,22,23). The van der Waals surface area contributed by atoms with Gasteiger partial charge in [0.1, 0.15) is 5.75 Å². The molecule has 0 saturated heterocycles. The molecule has 2 aromatic rings. The molecular weight excluding hydrogens is 379 g/mol. The number of hydrogen-bond acceptors (Lipinski definition) is 4. The van der Waals surface area contributed by atoms with Gasteiger partial charge < -0.3 is 10.1 Å². The number of pyridine rings is 1. The smallest absolute Gasteiger partial charge is 0.233 e. The lowest BCUT2D eigenvalue weighted by molar-refractivity contribution is -0.120. The van der Waals surface area contributed by atoms with Crippen LogP contribution in [0.25, 0.3) is 0 Å². The van der Waals surface area contributed by atoms with E-state index in [1.807, 2.05) is 20.8 Å². The number of aromatic nitrogens is 1. The predicted octanol–water partition coefficient (Wildman–Crippen LogP) is 4.81. The van der Waals surface area contributed by atoms with E-state index in [0.29, 0.717) is 16.6 Å². The number of amides is 1. The van der Waals surface area contributed by atoms with E-state index in [1.54, 1.807) is 31.5 Å². The maximum Gasteiger partial charge on any atom is 0.233 e. The summed E-state index contributed by atoms with van der Waals surface area (Å²) in [6, 6.07) is 5.20. The van der Waals surface area contributed by atoms with Gasteiger partial charge in [0.15, 0.2) is 0 Å². The summed E-state index contributed by atoms with van der Waals surface area (Å²) >= 11 is 13.5. The fraction of sp³-hybridized carbons (Fsp3) is 0.333. The van der Waals surface area contributed by atoms with E-state index >= 15 is 0 Å². The first kappa shape index (κ1) is 19.9. The van der Waals surface area contributed by atoms with Crippen molar-refractivity contribution in [2.45, 2.75) is 37.5 Å². The topological polar surface area (TPSA) is 51.2 Å². The van der Waals surface area contributed by atoms with Gasteiger partial charge in [0.05, 0.1) is 29.6 Å². The first-order valence-electron chi connectivity index (χ1n) is 7.72. The minimum Gasteiger partial charge on any atom is -0.496 e. The molecule has 1 unspecified atom stereocenters. The summed E-state index contributed by atoms with van der Waals surface area (Å²) in [7, 11) is 1.63. The number of halogens is 2. The summed E-state index contributed by atoms with van der Waals surface area (Å²) in [5, 5.41) is 3.76. The number of ether oxygens (including phenoxy) is 1. The van der Waals surface area contributed by atoms with Gasteiger partial charge in [-0.25, -0.2) is 0 Å². The number of thioether (sulfide) groups is 1. The van der Waals surface area contributed by atoms with E-state index in [2.05, 4.69) is 10.3 Å². The second-order valence-electron chi connectivity index (χ2n) is 5.60. The highest BCUT2D eigenvalue weighted by atomic mass is 35.5. The van der Waals surface area contributed by atoms with Gasteiger partial charge in [-0.1, -0.05) is 23.2 Å². The summed E-state index contributed by atoms with van der Waals surface area (Å²) in [6.07, 6.45) is 1.75. The van der Waals surface area contributed by atoms with E-state index < -0.39 is 0 Å². The Bertz CT molecular complexity index is 784. The minimum absolute atomic E-state index is 0.0956. The van der Waals surface area contributed by atoms with Crippen LogP contribution in [0.1, 0.15) is 23.7 Å². The predicted molar refractivity (Wildman–Crippen MR) is 104 cm³/mol. The molecule has 4 nitrogen and oxygen atoms in total. The zero-order chi connectivity index (χ0) is 18.6. The number of hydrogen-bond donors (Lipinski definition) is 1. The summed E-state index contributed by atoms with van der Waals surface area (Å²) in [5.41, 5.74) is 2.68. The summed E-state index contributed by atoms with van der Waals surface area (Å²) in [5.74, 6) is 0.703. The van der Waals surface area contributed by atoms with E-state index in [-0.39, 0.29) is 11.2 Å². The maximum atomic E-state index is 12.4. The molecule has 1 heterocycles. The van der Waals surface area contributed by atoms with Crippen LogP contribution in [0.2, 0.25) is 10.0 Å². The first-order valence-corrected chi connectivity index (χ1v) is 9.35. The van der Waals surface area contributed by atoms with E-state index in [9.17, 15) is 4.79 Å².